The highest BCUT2D eigenvalue weighted by atomic mass is 16.5. The van der Waals surface area contributed by atoms with Crippen molar-refractivity contribution in [3.8, 4) is 0 Å². The molecular weight excluding hydrogens is 178 g/mol. The fourth-order valence-electron chi connectivity index (χ4n) is 1.18. The van der Waals surface area contributed by atoms with Gasteiger partial charge in [-0.3, -0.25) is 9.78 Å². The highest BCUT2D eigenvalue weighted by Crippen LogP contribution is 2.02. The monoisotopic (exact) mass is 193 g/mol. The molecule has 1 aromatic heterocycles. The highest BCUT2D eigenvalue weighted by Gasteiger charge is 2.09. The van der Waals surface area contributed by atoms with Gasteiger partial charge in [-0.15, -0.1) is 0 Å². The summed E-state index contributed by atoms with van der Waals surface area (Å²) in [6.07, 6.45) is 2.54. The first-order chi connectivity index (χ1) is 6.72. The summed E-state index contributed by atoms with van der Waals surface area (Å²) < 4.78 is 5.02. The molecule has 0 bridgehead atoms. The van der Waals surface area contributed by atoms with E-state index >= 15 is 0 Å². The highest BCUT2D eigenvalue weighted by molar-refractivity contribution is 5.80. The summed E-state index contributed by atoms with van der Waals surface area (Å²) in [7, 11) is 1.61. The van der Waals surface area contributed by atoms with Gasteiger partial charge < -0.3 is 4.74 Å². The number of hydrogen-bond donors (Lipinski definition) is 0. The second-order valence-electron chi connectivity index (χ2n) is 3.29. The molecule has 0 radical (unpaired) electrons. The first-order valence-electron chi connectivity index (χ1n) is 4.66. The SMILES string of the molecule is COC(C)CC(=O)Cc1ccccn1. The first-order valence-corrected chi connectivity index (χ1v) is 4.66. The van der Waals surface area contributed by atoms with Crippen molar-refractivity contribution < 1.29 is 9.53 Å². The maximum atomic E-state index is 11.5. The van der Waals surface area contributed by atoms with E-state index in [1.807, 2.05) is 25.1 Å². The Bertz CT molecular complexity index is 285. The van der Waals surface area contributed by atoms with Crippen LogP contribution in [0.2, 0.25) is 0 Å². The average molecular weight is 193 g/mol. The second kappa shape index (κ2) is 5.50. The molecule has 1 aromatic rings. The number of carbonyl (C=O) groups excluding carboxylic acids is 1. The predicted molar refractivity (Wildman–Crippen MR) is 54.0 cm³/mol. The molecule has 0 aliphatic heterocycles. The lowest BCUT2D eigenvalue weighted by Gasteiger charge is -2.07. The van der Waals surface area contributed by atoms with Crippen molar-refractivity contribution in [3.05, 3.63) is 30.1 Å². The van der Waals surface area contributed by atoms with Crippen molar-refractivity contribution >= 4 is 5.78 Å². The molecule has 1 heterocycles. The normalized spacial score (nSPS) is 12.4. The number of ketones is 1. The molecule has 0 fully saturated rings. The van der Waals surface area contributed by atoms with E-state index in [1.54, 1.807) is 13.3 Å². The molecule has 0 aliphatic carbocycles. The third kappa shape index (κ3) is 3.66. The standard InChI is InChI=1S/C11H15NO2/c1-9(14-2)7-11(13)8-10-5-3-4-6-12-10/h3-6,9H,7-8H2,1-2H3. The van der Waals surface area contributed by atoms with Crippen molar-refractivity contribution in [2.45, 2.75) is 25.9 Å². The number of ether oxygens (including phenoxy) is 1. The van der Waals surface area contributed by atoms with E-state index in [9.17, 15) is 4.79 Å². The van der Waals surface area contributed by atoms with Crippen LogP contribution < -0.4 is 0 Å². The van der Waals surface area contributed by atoms with Crippen LogP contribution in [0.25, 0.3) is 0 Å². The summed E-state index contributed by atoms with van der Waals surface area (Å²) >= 11 is 0. The van der Waals surface area contributed by atoms with E-state index in [2.05, 4.69) is 4.98 Å². The maximum absolute atomic E-state index is 11.5. The van der Waals surface area contributed by atoms with Crippen molar-refractivity contribution in [2.24, 2.45) is 0 Å². The second-order valence-corrected chi connectivity index (χ2v) is 3.29. The molecule has 0 aliphatic rings. The van der Waals surface area contributed by atoms with Crippen LogP contribution >= 0.6 is 0 Å². The number of nitrogens with zero attached hydrogens (tertiary/aromatic N) is 1. The fraction of sp³-hybridized carbons (Fsp3) is 0.455. The molecule has 3 heteroatoms. The molecule has 0 N–H and O–H groups in total. The number of hydrogen-bond acceptors (Lipinski definition) is 3. The topological polar surface area (TPSA) is 39.2 Å². The van der Waals surface area contributed by atoms with Gasteiger partial charge in [0.15, 0.2) is 0 Å². The van der Waals surface area contributed by atoms with E-state index in [1.165, 1.54) is 0 Å². The van der Waals surface area contributed by atoms with Gasteiger partial charge in [0.25, 0.3) is 0 Å². The van der Waals surface area contributed by atoms with Gasteiger partial charge in [-0.2, -0.15) is 0 Å². The van der Waals surface area contributed by atoms with Crippen molar-refractivity contribution in [2.75, 3.05) is 7.11 Å². The number of pyridine rings is 1. The molecule has 1 rings (SSSR count). The Labute approximate surface area is 84.1 Å². The summed E-state index contributed by atoms with van der Waals surface area (Å²) in [4.78, 5) is 15.6. The number of carbonyl (C=O) groups is 1. The molecule has 0 saturated heterocycles. The molecular formula is C11H15NO2. The largest absolute Gasteiger partial charge is 0.381 e. The van der Waals surface area contributed by atoms with Gasteiger partial charge in [-0.1, -0.05) is 6.07 Å². The summed E-state index contributed by atoms with van der Waals surface area (Å²) in [6, 6.07) is 5.58. The van der Waals surface area contributed by atoms with Gasteiger partial charge in [0.05, 0.1) is 6.10 Å². The first kappa shape index (κ1) is 10.9. The van der Waals surface area contributed by atoms with Crippen molar-refractivity contribution in [1.82, 2.24) is 4.98 Å². The lowest BCUT2D eigenvalue weighted by Crippen LogP contribution is -2.14. The Kier molecular flexibility index (Phi) is 4.26. The lowest BCUT2D eigenvalue weighted by atomic mass is 10.1. The van der Waals surface area contributed by atoms with Crippen LogP contribution in [0.5, 0.6) is 0 Å². The van der Waals surface area contributed by atoms with Crippen LogP contribution in [0, 0.1) is 0 Å². The molecule has 14 heavy (non-hydrogen) atoms. The van der Waals surface area contributed by atoms with Gasteiger partial charge in [0.2, 0.25) is 0 Å². The van der Waals surface area contributed by atoms with Crippen molar-refractivity contribution in [1.29, 1.82) is 0 Å². The van der Waals surface area contributed by atoms with Gasteiger partial charge in [-0.25, -0.2) is 0 Å². The van der Waals surface area contributed by atoms with Gasteiger partial charge in [-0.05, 0) is 19.1 Å². The molecule has 0 aromatic carbocycles. The molecule has 0 saturated carbocycles. The van der Waals surface area contributed by atoms with E-state index in [4.69, 9.17) is 4.74 Å². The Morgan fingerprint density at radius 3 is 2.93 bits per heavy atom. The Morgan fingerprint density at radius 1 is 1.57 bits per heavy atom. The van der Waals surface area contributed by atoms with Gasteiger partial charge in [0, 0.05) is 31.8 Å². The molecule has 0 spiro atoms. The van der Waals surface area contributed by atoms with Crippen LogP contribution in [-0.2, 0) is 16.0 Å². The summed E-state index contributed by atoms with van der Waals surface area (Å²) in [5.74, 6) is 0.165. The Balaban J connectivity index is 2.42. The number of rotatable bonds is 5. The minimum absolute atomic E-state index is 0.00814. The average Bonchev–Trinajstić information content (AvgIpc) is 2.19. The maximum Gasteiger partial charge on any atom is 0.141 e. The van der Waals surface area contributed by atoms with E-state index in [0.717, 1.165) is 5.69 Å². The molecule has 1 atom stereocenters. The smallest absolute Gasteiger partial charge is 0.141 e. The van der Waals surface area contributed by atoms with E-state index in [-0.39, 0.29) is 11.9 Å². The minimum Gasteiger partial charge on any atom is -0.381 e. The molecule has 76 valence electrons. The Morgan fingerprint density at radius 2 is 2.36 bits per heavy atom. The predicted octanol–water partition coefficient (Wildman–Crippen LogP) is 1.62. The van der Waals surface area contributed by atoms with Crippen LogP contribution in [0.15, 0.2) is 24.4 Å². The molecule has 1 unspecified atom stereocenters. The number of Topliss-reactive ketones (excluding diaryl/α,β-unsaturated/α-hetero) is 1. The zero-order valence-electron chi connectivity index (χ0n) is 8.56. The lowest BCUT2D eigenvalue weighted by molar-refractivity contribution is -0.120. The third-order valence-electron chi connectivity index (χ3n) is 2.02. The van der Waals surface area contributed by atoms with Crippen molar-refractivity contribution in [3.63, 3.8) is 0 Å². The zero-order chi connectivity index (χ0) is 10.4. The number of methoxy groups -OCH3 is 1. The fourth-order valence-corrected chi connectivity index (χ4v) is 1.18. The van der Waals surface area contributed by atoms with Crippen LogP contribution in [0.4, 0.5) is 0 Å². The minimum atomic E-state index is -0.00814. The number of aromatic nitrogens is 1. The summed E-state index contributed by atoms with van der Waals surface area (Å²) in [5, 5.41) is 0. The van der Waals surface area contributed by atoms with Gasteiger partial charge >= 0.3 is 0 Å². The Hall–Kier alpha value is -1.22. The van der Waals surface area contributed by atoms with Crippen LogP contribution in [0.3, 0.4) is 0 Å². The zero-order valence-corrected chi connectivity index (χ0v) is 8.56. The quantitative estimate of drug-likeness (QED) is 0.713. The van der Waals surface area contributed by atoms with Gasteiger partial charge in [0.1, 0.15) is 5.78 Å². The summed E-state index contributed by atoms with van der Waals surface area (Å²) in [6.45, 7) is 1.89. The third-order valence-corrected chi connectivity index (χ3v) is 2.02. The molecule has 0 amide bonds. The van der Waals surface area contributed by atoms with Crippen LogP contribution in [0.1, 0.15) is 19.0 Å². The van der Waals surface area contributed by atoms with E-state index < -0.39 is 0 Å². The molecule has 3 nitrogen and oxygen atoms in total. The van der Waals surface area contributed by atoms with Crippen LogP contribution in [-0.4, -0.2) is 24.0 Å². The summed E-state index contributed by atoms with van der Waals surface area (Å²) in [5.41, 5.74) is 0.820. The van der Waals surface area contributed by atoms with E-state index in [0.29, 0.717) is 12.8 Å².